The van der Waals surface area contributed by atoms with Gasteiger partial charge in [0.1, 0.15) is 0 Å². The second-order valence-electron chi connectivity index (χ2n) is 2.51. The van der Waals surface area contributed by atoms with Gasteiger partial charge in [-0.05, 0) is 6.42 Å². The molecule has 0 aliphatic rings. The Morgan fingerprint density at radius 1 is 1.43 bits per heavy atom. The number of carbonyl (C=O) groups is 2. The molecule has 0 heterocycles. The van der Waals surface area contributed by atoms with Crippen LogP contribution in [0.1, 0.15) is 12.8 Å². The van der Waals surface area contributed by atoms with Gasteiger partial charge >= 0.3 is 12.1 Å². The third-order valence-electron chi connectivity index (χ3n) is 1.04. The highest BCUT2D eigenvalue weighted by atomic mass is 32.2. The van der Waals surface area contributed by atoms with Gasteiger partial charge in [-0.15, -0.1) is 0 Å². The molecular weight excluding hydrogens is 214 g/mol. The van der Waals surface area contributed by atoms with Crippen LogP contribution in [0.5, 0.6) is 0 Å². The average molecular weight is 225 g/mol. The summed E-state index contributed by atoms with van der Waals surface area (Å²) >= 11 is 0. The molecule has 0 fully saturated rings. The lowest BCUT2D eigenvalue weighted by Crippen LogP contribution is -2.30. The quantitative estimate of drug-likeness (QED) is 0.612. The molecule has 0 aromatic carbocycles. The SMILES string of the molecule is CS(=O)(=O)NC(=O)OCCCC(=O)O. The molecule has 2 N–H and O–H groups in total. The zero-order valence-corrected chi connectivity index (χ0v) is 8.33. The minimum absolute atomic E-state index is 0.131. The highest BCUT2D eigenvalue weighted by Gasteiger charge is 2.08. The van der Waals surface area contributed by atoms with Gasteiger partial charge in [0.15, 0.2) is 0 Å². The first-order valence-corrected chi connectivity index (χ1v) is 5.57. The van der Waals surface area contributed by atoms with Crippen molar-refractivity contribution < 1.29 is 27.9 Å². The van der Waals surface area contributed by atoms with E-state index in [1.165, 1.54) is 0 Å². The zero-order chi connectivity index (χ0) is 11.2. The van der Waals surface area contributed by atoms with E-state index in [9.17, 15) is 18.0 Å². The second-order valence-corrected chi connectivity index (χ2v) is 4.26. The molecule has 0 spiro atoms. The van der Waals surface area contributed by atoms with E-state index < -0.39 is 22.1 Å². The molecule has 0 aromatic rings. The Kier molecular flexibility index (Phi) is 4.92. The predicted molar refractivity (Wildman–Crippen MR) is 46.2 cm³/mol. The summed E-state index contributed by atoms with van der Waals surface area (Å²) in [5, 5.41) is 8.21. The van der Waals surface area contributed by atoms with Crippen LogP contribution in [0, 0.1) is 0 Å². The lowest BCUT2D eigenvalue weighted by atomic mass is 10.3. The van der Waals surface area contributed by atoms with E-state index >= 15 is 0 Å². The van der Waals surface area contributed by atoms with E-state index in [-0.39, 0.29) is 19.4 Å². The van der Waals surface area contributed by atoms with Crippen LogP contribution in [-0.4, -0.2) is 38.4 Å². The molecule has 0 saturated heterocycles. The summed E-state index contributed by atoms with van der Waals surface area (Å²) in [6.07, 6.45) is -0.276. The van der Waals surface area contributed by atoms with Crippen LogP contribution in [0.2, 0.25) is 0 Å². The highest BCUT2D eigenvalue weighted by Crippen LogP contribution is 1.91. The van der Waals surface area contributed by atoms with Gasteiger partial charge in [0.25, 0.3) is 0 Å². The van der Waals surface area contributed by atoms with Gasteiger partial charge in [0.05, 0.1) is 12.9 Å². The van der Waals surface area contributed by atoms with Crippen LogP contribution in [0.3, 0.4) is 0 Å². The maximum atomic E-state index is 10.6. The van der Waals surface area contributed by atoms with Gasteiger partial charge in [-0.1, -0.05) is 0 Å². The minimum Gasteiger partial charge on any atom is -0.481 e. The van der Waals surface area contributed by atoms with Crippen LogP contribution in [0.15, 0.2) is 0 Å². The van der Waals surface area contributed by atoms with Crippen molar-refractivity contribution in [3.05, 3.63) is 0 Å². The van der Waals surface area contributed by atoms with E-state index in [1.807, 2.05) is 0 Å². The molecule has 0 aliphatic heterocycles. The van der Waals surface area contributed by atoms with Crippen molar-refractivity contribution in [2.24, 2.45) is 0 Å². The molecule has 0 aromatic heterocycles. The molecule has 0 saturated carbocycles. The number of hydrogen-bond acceptors (Lipinski definition) is 5. The van der Waals surface area contributed by atoms with Crippen LogP contribution >= 0.6 is 0 Å². The van der Waals surface area contributed by atoms with Crippen molar-refractivity contribution in [1.82, 2.24) is 4.72 Å². The Morgan fingerprint density at radius 2 is 2.00 bits per heavy atom. The molecular formula is C6H11NO6S. The van der Waals surface area contributed by atoms with Crippen LogP contribution < -0.4 is 4.72 Å². The first kappa shape index (κ1) is 12.7. The Hall–Kier alpha value is -1.31. The molecule has 82 valence electrons. The van der Waals surface area contributed by atoms with Crippen molar-refractivity contribution in [3.8, 4) is 0 Å². The number of amides is 1. The summed E-state index contributed by atoms with van der Waals surface area (Å²) in [6.45, 7) is -0.131. The average Bonchev–Trinajstić information content (AvgIpc) is 1.94. The molecule has 1 amide bonds. The second kappa shape index (κ2) is 5.43. The van der Waals surface area contributed by atoms with Gasteiger partial charge in [0, 0.05) is 6.42 Å². The fourth-order valence-corrected chi connectivity index (χ4v) is 0.931. The largest absolute Gasteiger partial charge is 0.481 e. The Bertz CT molecular complexity index is 308. The van der Waals surface area contributed by atoms with Gasteiger partial charge in [-0.2, -0.15) is 0 Å². The number of hydrogen-bond donors (Lipinski definition) is 2. The third-order valence-corrected chi connectivity index (χ3v) is 1.57. The zero-order valence-electron chi connectivity index (χ0n) is 7.52. The maximum Gasteiger partial charge on any atom is 0.420 e. The standard InChI is InChI=1S/C6H11NO6S/c1-14(11,12)7-6(10)13-4-2-3-5(8)9/h2-4H2,1H3,(H,7,10)(H,8,9). The first-order chi connectivity index (χ1) is 6.31. The van der Waals surface area contributed by atoms with Gasteiger partial charge in [0.2, 0.25) is 10.0 Å². The summed E-state index contributed by atoms with van der Waals surface area (Å²) in [5.41, 5.74) is 0. The van der Waals surface area contributed by atoms with Crippen LogP contribution in [0.4, 0.5) is 4.79 Å². The van der Waals surface area contributed by atoms with Crippen LogP contribution in [0.25, 0.3) is 0 Å². The third kappa shape index (κ3) is 8.78. The lowest BCUT2D eigenvalue weighted by molar-refractivity contribution is -0.137. The number of aliphatic carboxylic acids is 1. The fraction of sp³-hybridized carbons (Fsp3) is 0.667. The summed E-state index contributed by atoms with van der Waals surface area (Å²) in [6, 6.07) is 0. The van der Waals surface area contributed by atoms with E-state index in [0.29, 0.717) is 0 Å². The smallest absolute Gasteiger partial charge is 0.420 e. The fourth-order valence-electron chi connectivity index (χ4n) is 0.569. The molecule has 0 radical (unpaired) electrons. The number of rotatable bonds is 5. The topological polar surface area (TPSA) is 110 Å². The van der Waals surface area contributed by atoms with E-state index in [0.717, 1.165) is 6.26 Å². The summed E-state index contributed by atoms with van der Waals surface area (Å²) in [7, 11) is -3.62. The molecule has 8 heteroatoms. The minimum atomic E-state index is -3.62. The van der Waals surface area contributed by atoms with Gasteiger partial charge in [-0.25, -0.2) is 17.9 Å². The number of ether oxygens (including phenoxy) is 1. The molecule has 0 aliphatic carbocycles. The first-order valence-electron chi connectivity index (χ1n) is 3.67. The van der Waals surface area contributed by atoms with Crippen molar-refractivity contribution in [2.75, 3.05) is 12.9 Å². The lowest BCUT2D eigenvalue weighted by Gasteiger charge is -2.03. The molecule has 0 bridgehead atoms. The van der Waals surface area contributed by atoms with Crippen molar-refractivity contribution >= 4 is 22.1 Å². The summed E-state index contributed by atoms with van der Waals surface area (Å²) in [5.74, 6) is -1.00. The number of carboxylic acids is 1. The summed E-state index contributed by atoms with van der Waals surface area (Å²) in [4.78, 5) is 20.7. The monoisotopic (exact) mass is 225 g/mol. The van der Waals surface area contributed by atoms with Gasteiger partial charge < -0.3 is 9.84 Å². The normalized spacial score (nSPS) is 10.6. The van der Waals surface area contributed by atoms with E-state index in [1.54, 1.807) is 4.72 Å². The van der Waals surface area contributed by atoms with Gasteiger partial charge in [-0.3, -0.25) is 4.79 Å². The summed E-state index contributed by atoms with van der Waals surface area (Å²) < 4.78 is 26.9. The molecule has 0 rings (SSSR count). The number of nitrogens with one attached hydrogen (secondary N) is 1. The predicted octanol–water partition coefficient (Wildman–Crippen LogP) is -0.463. The highest BCUT2D eigenvalue weighted by molar-refractivity contribution is 7.89. The molecule has 0 atom stereocenters. The van der Waals surface area contributed by atoms with Crippen molar-refractivity contribution in [1.29, 1.82) is 0 Å². The Morgan fingerprint density at radius 3 is 2.43 bits per heavy atom. The van der Waals surface area contributed by atoms with E-state index in [4.69, 9.17) is 5.11 Å². The van der Waals surface area contributed by atoms with Crippen molar-refractivity contribution in [3.63, 3.8) is 0 Å². The van der Waals surface area contributed by atoms with E-state index in [2.05, 4.69) is 4.74 Å². The molecule has 7 nitrogen and oxygen atoms in total. The number of carbonyl (C=O) groups excluding carboxylic acids is 1. The Balaban J connectivity index is 3.61. The number of sulfonamides is 1. The Labute approximate surface area is 81.1 Å². The van der Waals surface area contributed by atoms with Crippen LogP contribution in [-0.2, 0) is 19.6 Å². The van der Waals surface area contributed by atoms with Crippen molar-refractivity contribution in [2.45, 2.75) is 12.8 Å². The molecule has 0 unspecified atom stereocenters. The molecule has 14 heavy (non-hydrogen) atoms. The number of carboxylic acid groups (broad SMARTS) is 1. The maximum absolute atomic E-state index is 10.6.